The molecule has 0 fully saturated rings. The summed E-state index contributed by atoms with van der Waals surface area (Å²) >= 11 is 0. The standard InChI is InChI=1S/C16H10BF6NO3/c18-15(19,20)10-3-9(4-11(5-10)16(21,22)23)14(25)24-12-2-1-8-7-27-17(26)13(8)6-12/h1-6,26H,7H2,(H,24,25). The molecule has 27 heavy (non-hydrogen) atoms. The van der Waals surface area contributed by atoms with E-state index in [1.165, 1.54) is 18.2 Å². The summed E-state index contributed by atoms with van der Waals surface area (Å²) in [5, 5.41) is 11.8. The van der Waals surface area contributed by atoms with Gasteiger partial charge in [0, 0.05) is 11.3 Å². The molecule has 0 atom stereocenters. The Morgan fingerprint density at radius 3 is 2.15 bits per heavy atom. The fourth-order valence-corrected chi connectivity index (χ4v) is 2.58. The van der Waals surface area contributed by atoms with Crippen molar-refractivity contribution in [3.05, 3.63) is 58.7 Å². The number of carbonyl (C=O) groups excluding carboxylic acids is 1. The van der Waals surface area contributed by atoms with Crippen molar-refractivity contribution >= 4 is 24.2 Å². The molecule has 2 aromatic rings. The summed E-state index contributed by atoms with van der Waals surface area (Å²) in [7, 11) is -1.22. The van der Waals surface area contributed by atoms with Gasteiger partial charge in [-0.05, 0) is 41.4 Å². The normalized spacial score (nSPS) is 14.3. The van der Waals surface area contributed by atoms with Crippen LogP contribution in [0.15, 0.2) is 36.4 Å². The topological polar surface area (TPSA) is 58.6 Å². The predicted molar refractivity (Wildman–Crippen MR) is 83.2 cm³/mol. The zero-order valence-corrected chi connectivity index (χ0v) is 13.3. The molecule has 0 spiro atoms. The molecule has 1 aliphatic heterocycles. The number of rotatable bonds is 2. The quantitative estimate of drug-likeness (QED) is 0.613. The first-order valence-electron chi connectivity index (χ1n) is 7.48. The van der Waals surface area contributed by atoms with Crippen LogP contribution in [0.2, 0.25) is 0 Å². The lowest BCUT2D eigenvalue weighted by molar-refractivity contribution is -0.143. The Morgan fingerprint density at radius 2 is 1.59 bits per heavy atom. The maximum Gasteiger partial charge on any atom is 0.491 e. The van der Waals surface area contributed by atoms with E-state index in [2.05, 4.69) is 5.32 Å². The van der Waals surface area contributed by atoms with E-state index in [9.17, 15) is 36.2 Å². The minimum Gasteiger partial charge on any atom is -0.423 e. The Kier molecular flexibility index (Phi) is 4.68. The molecule has 0 aliphatic carbocycles. The van der Waals surface area contributed by atoms with Crippen molar-refractivity contribution in [1.29, 1.82) is 0 Å². The Morgan fingerprint density at radius 1 is 1.00 bits per heavy atom. The summed E-state index contributed by atoms with van der Waals surface area (Å²) in [6.07, 6.45) is -10.1. The van der Waals surface area contributed by atoms with E-state index < -0.39 is 42.1 Å². The number of hydrogen-bond acceptors (Lipinski definition) is 3. The van der Waals surface area contributed by atoms with Gasteiger partial charge in [-0.1, -0.05) is 6.07 Å². The smallest absolute Gasteiger partial charge is 0.423 e. The van der Waals surface area contributed by atoms with Crippen LogP contribution in [0.1, 0.15) is 27.0 Å². The highest BCUT2D eigenvalue weighted by molar-refractivity contribution is 6.61. The van der Waals surface area contributed by atoms with Gasteiger partial charge in [-0.2, -0.15) is 26.3 Å². The third-order valence-electron chi connectivity index (χ3n) is 3.92. The molecule has 2 aromatic carbocycles. The first-order valence-corrected chi connectivity index (χ1v) is 7.48. The number of benzene rings is 2. The average molecular weight is 389 g/mol. The lowest BCUT2D eigenvalue weighted by atomic mass is 9.79. The highest BCUT2D eigenvalue weighted by Gasteiger charge is 2.37. The van der Waals surface area contributed by atoms with Gasteiger partial charge in [0.05, 0.1) is 17.7 Å². The van der Waals surface area contributed by atoms with Crippen molar-refractivity contribution in [2.45, 2.75) is 19.0 Å². The summed E-state index contributed by atoms with van der Waals surface area (Å²) < 4.78 is 82.2. The van der Waals surface area contributed by atoms with Gasteiger partial charge in [0.25, 0.3) is 5.91 Å². The van der Waals surface area contributed by atoms with Crippen LogP contribution in [0.4, 0.5) is 32.0 Å². The van der Waals surface area contributed by atoms with Crippen LogP contribution in [-0.2, 0) is 23.6 Å². The Labute approximate surface area is 148 Å². The van der Waals surface area contributed by atoms with Crippen molar-refractivity contribution in [3.63, 3.8) is 0 Å². The van der Waals surface area contributed by atoms with Crippen molar-refractivity contribution < 1.29 is 40.8 Å². The molecule has 0 radical (unpaired) electrons. The van der Waals surface area contributed by atoms with Crippen LogP contribution in [0.3, 0.4) is 0 Å². The number of anilines is 1. The summed E-state index contributed by atoms with van der Waals surface area (Å²) in [6.45, 7) is 0.146. The molecule has 11 heteroatoms. The lowest BCUT2D eigenvalue weighted by Crippen LogP contribution is -2.28. The van der Waals surface area contributed by atoms with Gasteiger partial charge < -0.3 is 15.0 Å². The van der Waals surface area contributed by atoms with E-state index in [1.807, 2.05) is 0 Å². The van der Waals surface area contributed by atoms with Crippen molar-refractivity contribution in [2.24, 2.45) is 0 Å². The molecular formula is C16H10BF6NO3. The molecule has 4 nitrogen and oxygen atoms in total. The monoisotopic (exact) mass is 389 g/mol. The van der Waals surface area contributed by atoms with Crippen LogP contribution in [-0.4, -0.2) is 18.0 Å². The summed E-state index contributed by atoms with van der Waals surface area (Å²) in [6, 6.07) is 4.89. The zero-order valence-electron chi connectivity index (χ0n) is 13.3. The zero-order chi connectivity index (χ0) is 20.0. The third kappa shape index (κ3) is 4.09. The molecule has 142 valence electrons. The predicted octanol–water partition coefficient (Wildman–Crippen LogP) is 3.19. The summed E-state index contributed by atoms with van der Waals surface area (Å²) in [4.78, 5) is 12.2. The third-order valence-corrected chi connectivity index (χ3v) is 3.92. The highest BCUT2D eigenvalue weighted by atomic mass is 19.4. The van der Waals surface area contributed by atoms with E-state index in [0.717, 1.165) is 0 Å². The van der Waals surface area contributed by atoms with Crippen molar-refractivity contribution in [2.75, 3.05) is 5.32 Å². The Hall–Kier alpha value is -2.53. The molecular weight excluding hydrogens is 379 g/mol. The van der Waals surface area contributed by atoms with Crippen molar-refractivity contribution in [1.82, 2.24) is 0 Å². The van der Waals surface area contributed by atoms with Crippen LogP contribution in [0, 0.1) is 0 Å². The molecule has 1 amide bonds. The van der Waals surface area contributed by atoms with Crippen LogP contribution >= 0.6 is 0 Å². The first kappa shape index (κ1) is 19.2. The largest absolute Gasteiger partial charge is 0.491 e. The van der Waals surface area contributed by atoms with Crippen molar-refractivity contribution in [3.8, 4) is 0 Å². The number of fused-ring (bicyclic) bond motifs is 1. The molecule has 0 aromatic heterocycles. The van der Waals surface area contributed by atoms with E-state index in [1.54, 1.807) is 0 Å². The van der Waals surface area contributed by atoms with Gasteiger partial charge in [0.2, 0.25) is 0 Å². The number of carbonyl (C=O) groups is 1. The number of hydrogen-bond donors (Lipinski definition) is 2. The van der Waals surface area contributed by atoms with Gasteiger partial charge in [0.15, 0.2) is 0 Å². The van der Waals surface area contributed by atoms with Crippen LogP contribution in [0.25, 0.3) is 0 Å². The lowest BCUT2D eigenvalue weighted by Gasteiger charge is -2.14. The van der Waals surface area contributed by atoms with E-state index >= 15 is 0 Å². The number of alkyl halides is 6. The van der Waals surface area contributed by atoms with Crippen LogP contribution in [0.5, 0.6) is 0 Å². The summed E-state index contributed by atoms with van der Waals surface area (Å²) in [5.74, 6) is -1.15. The first-order chi connectivity index (χ1) is 12.4. The molecule has 2 N–H and O–H groups in total. The second kappa shape index (κ2) is 6.57. The van der Waals surface area contributed by atoms with E-state index in [0.29, 0.717) is 23.2 Å². The minimum atomic E-state index is -5.05. The SMILES string of the molecule is O=C(Nc1ccc2c(c1)B(O)OC2)c1cc(C(F)(F)F)cc(C(F)(F)F)c1. The average Bonchev–Trinajstić information content (AvgIpc) is 2.93. The molecule has 3 rings (SSSR count). The maximum atomic E-state index is 12.9. The Balaban J connectivity index is 1.94. The highest BCUT2D eigenvalue weighted by Crippen LogP contribution is 2.36. The van der Waals surface area contributed by atoms with E-state index in [4.69, 9.17) is 4.65 Å². The van der Waals surface area contributed by atoms with Crippen LogP contribution < -0.4 is 10.8 Å². The fraction of sp³-hybridized carbons (Fsp3) is 0.188. The van der Waals surface area contributed by atoms with Gasteiger partial charge in [-0.15, -0.1) is 0 Å². The van der Waals surface area contributed by atoms with Gasteiger partial charge in [0.1, 0.15) is 0 Å². The number of nitrogens with one attached hydrogen (secondary N) is 1. The summed E-state index contributed by atoms with van der Waals surface area (Å²) in [5.41, 5.74) is -2.86. The minimum absolute atomic E-state index is 0.0557. The van der Waals surface area contributed by atoms with E-state index in [-0.39, 0.29) is 18.4 Å². The maximum absolute atomic E-state index is 12.9. The number of amides is 1. The van der Waals surface area contributed by atoms with Gasteiger partial charge >= 0.3 is 19.5 Å². The Bertz CT molecular complexity index is 864. The molecule has 0 bridgehead atoms. The molecule has 0 unspecified atom stereocenters. The number of halogens is 6. The second-order valence-corrected chi connectivity index (χ2v) is 5.83. The molecule has 1 aliphatic rings. The molecule has 1 heterocycles. The fourth-order valence-electron chi connectivity index (χ4n) is 2.58. The molecule has 0 saturated heterocycles. The molecule has 0 saturated carbocycles. The second-order valence-electron chi connectivity index (χ2n) is 5.83. The van der Waals surface area contributed by atoms with Gasteiger partial charge in [-0.3, -0.25) is 4.79 Å². The van der Waals surface area contributed by atoms with Gasteiger partial charge in [-0.25, -0.2) is 0 Å².